The zero-order valence-corrected chi connectivity index (χ0v) is 20.1. The molecule has 0 aliphatic rings. The molecule has 0 radical (unpaired) electrons. The Labute approximate surface area is 206 Å². The lowest BCUT2D eigenvalue weighted by Crippen LogP contribution is -2.26. The van der Waals surface area contributed by atoms with Crippen molar-refractivity contribution >= 4 is 45.1 Å². The van der Waals surface area contributed by atoms with Gasteiger partial charge in [-0.1, -0.05) is 58.6 Å². The fraction of sp³-hybridized carbons (Fsp3) is 0.0870. The number of amides is 1. The number of carbonyl (C=O) groups excluding carboxylic acids is 1. The van der Waals surface area contributed by atoms with E-state index in [-0.39, 0.29) is 28.9 Å². The van der Waals surface area contributed by atoms with Gasteiger partial charge in [-0.05, 0) is 48.0 Å². The second kappa shape index (κ2) is 9.94. The maximum absolute atomic E-state index is 12.9. The Bertz CT molecular complexity index is 1430. The van der Waals surface area contributed by atoms with Crippen LogP contribution in [0.5, 0.6) is 0 Å². The van der Waals surface area contributed by atoms with E-state index in [9.17, 15) is 13.2 Å². The fourth-order valence-electron chi connectivity index (χ4n) is 3.10. The molecule has 8 nitrogen and oxygen atoms in total. The van der Waals surface area contributed by atoms with Crippen LogP contribution in [0.4, 0.5) is 6.01 Å². The lowest BCUT2D eigenvalue weighted by Gasteiger charge is -2.17. The Balaban J connectivity index is 1.45. The molecule has 174 valence electrons. The van der Waals surface area contributed by atoms with Crippen molar-refractivity contribution in [1.82, 2.24) is 14.5 Å². The molecule has 1 heterocycles. The molecule has 4 aromatic rings. The van der Waals surface area contributed by atoms with E-state index in [1.165, 1.54) is 35.6 Å². The number of aromatic nitrogens is 2. The predicted molar refractivity (Wildman–Crippen MR) is 129 cm³/mol. The molecule has 1 N–H and O–H groups in total. The molecule has 0 atom stereocenters. The summed E-state index contributed by atoms with van der Waals surface area (Å²) in [6, 6.07) is 19.4. The highest BCUT2D eigenvalue weighted by Crippen LogP contribution is 2.30. The van der Waals surface area contributed by atoms with Crippen molar-refractivity contribution in [3.8, 4) is 11.5 Å². The topological polar surface area (TPSA) is 105 Å². The van der Waals surface area contributed by atoms with Crippen molar-refractivity contribution < 1.29 is 17.6 Å². The van der Waals surface area contributed by atoms with Gasteiger partial charge in [0, 0.05) is 24.2 Å². The second-order valence-corrected chi connectivity index (χ2v) is 10.2. The minimum atomic E-state index is -3.74. The molecule has 0 aliphatic carbocycles. The summed E-state index contributed by atoms with van der Waals surface area (Å²) in [6.45, 7) is 0.224. The Morgan fingerprint density at radius 2 is 1.71 bits per heavy atom. The van der Waals surface area contributed by atoms with Gasteiger partial charge in [0.1, 0.15) is 0 Å². The number of carbonyl (C=O) groups is 1. The van der Waals surface area contributed by atoms with Crippen LogP contribution in [0.25, 0.3) is 11.5 Å². The molecule has 4 rings (SSSR count). The molecular formula is C23H18Cl2N4O4S. The number of sulfonamides is 1. The lowest BCUT2D eigenvalue weighted by atomic mass is 10.2. The summed E-state index contributed by atoms with van der Waals surface area (Å²) in [7, 11) is -2.23. The van der Waals surface area contributed by atoms with Gasteiger partial charge in [-0.25, -0.2) is 8.42 Å². The van der Waals surface area contributed by atoms with Crippen LogP contribution in [0, 0.1) is 0 Å². The van der Waals surface area contributed by atoms with E-state index >= 15 is 0 Å². The Morgan fingerprint density at radius 3 is 2.41 bits per heavy atom. The van der Waals surface area contributed by atoms with Crippen molar-refractivity contribution in [3.05, 3.63) is 94.0 Å². The minimum Gasteiger partial charge on any atom is -0.403 e. The largest absolute Gasteiger partial charge is 0.403 e. The first-order chi connectivity index (χ1) is 16.2. The third-order valence-electron chi connectivity index (χ3n) is 4.88. The molecule has 3 aromatic carbocycles. The summed E-state index contributed by atoms with van der Waals surface area (Å²) < 4.78 is 32.5. The molecule has 1 amide bonds. The number of hydrogen-bond acceptors (Lipinski definition) is 6. The Hall–Kier alpha value is -3.24. The van der Waals surface area contributed by atoms with Crippen molar-refractivity contribution in [3.63, 3.8) is 0 Å². The van der Waals surface area contributed by atoms with Crippen LogP contribution in [0.15, 0.2) is 82.1 Å². The van der Waals surface area contributed by atoms with Gasteiger partial charge < -0.3 is 4.42 Å². The third-order valence-corrected chi connectivity index (χ3v) is 7.26. The van der Waals surface area contributed by atoms with E-state index < -0.39 is 15.9 Å². The first kappa shape index (κ1) is 23.9. The maximum Gasteiger partial charge on any atom is 0.322 e. The van der Waals surface area contributed by atoms with Gasteiger partial charge >= 0.3 is 6.01 Å². The molecule has 0 spiro atoms. The van der Waals surface area contributed by atoms with E-state index in [2.05, 4.69) is 15.5 Å². The Morgan fingerprint density at radius 1 is 1.00 bits per heavy atom. The highest BCUT2D eigenvalue weighted by atomic mass is 35.5. The van der Waals surface area contributed by atoms with Crippen LogP contribution in [0.2, 0.25) is 10.0 Å². The predicted octanol–water partition coefficient (Wildman–Crippen LogP) is 5.12. The summed E-state index contributed by atoms with van der Waals surface area (Å²) >= 11 is 12.1. The quantitative estimate of drug-likeness (QED) is 0.365. The molecule has 0 fully saturated rings. The standard InChI is InChI=1S/C23H18Cl2N4O4S/c1-29(14-15-5-3-2-4-6-15)34(31,32)18-10-7-16(8-11-18)21(30)26-23-28-27-22(33-23)19-13-17(24)9-12-20(19)25/h2-13H,14H2,1H3,(H,26,28,30). The number of anilines is 1. The van der Waals surface area contributed by atoms with Crippen molar-refractivity contribution in [2.45, 2.75) is 11.4 Å². The van der Waals surface area contributed by atoms with Gasteiger partial charge in [0.05, 0.1) is 15.5 Å². The van der Waals surface area contributed by atoms with Crippen molar-refractivity contribution in [2.75, 3.05) is 12.4 Å². The van der Waals surface area contributed by atoms with Gasteiger partial charge in [-0.15, -0.1) is 5.10 Å². The summed E-state index contributed by atoms with van der Waals surface area (Å²) in [4.78, 5) is 12.6. The van der Waals surface area contributed by atoms with Crippen LogP contribution in [-0.4, -0.2) is 35.9 Å². The van der Waals surface area contributed by atoms with Crippen LogP contribution in [0.1, 0.15) is 15.9 Å². The molecule has 0 aliphatic heterocycles. The van der Waals surface area contributed by atoms with Gasteiger partial charge in [0.25, 0.3) is 11.8 Å². The number of hydrogen-bond donors (Lipinski definition) is 1. The maximum atomic E-state index is 12.9. The van der Waals surface area contributed by atoms with Crippen molar-refractivity contribution in [2.24, 2.45) is 0 Å². The zero-order valence-electron chi connectivity index (χ0n) is 17.8. The Kier molecular flexibility index (Phi) is 6.99. The van der Waals surface area contributed by atoms with E-state index in [1.54, 1.807) is 18.2 Å². The van der Waals surface area contributed by atoms with Crippen LogP contribution >= 0.6 is 23.2 Å². The zero-order chi connectivity index (χ0) is 24.3. The van der Waals surface area contributed by atoms with E-state index in [1.807, 2.05) is 30.3 Å². The van der Waals surface area contributed by atoms with Crippen molar-refractivity contribution in [1.29, 1.82) is 0 Å². The monoisotopic (exact) mass is 516 g/mol. The number of nitrogens with zero attached hydrogens (tertiary/aromatic N) is 3. The minimum absolute atomic E-state index is 0.0677. The van der Waals surface area contributed by atoms with Crippen LogP contribution in [0.3, 0.4) is 0 Å². The first-order valence-corrected chi connectivity index (χ1v) is 12.1. The molecule has 34 heavy (non-hydrogen) atoms. The SMILES string of the molecule is CN(Cc1ccccc1)S(=O)(=O)c1ccc(C(=O)Nc2nnc(-c3cc(Cl)ccc3Cl)o2)cc1. The van der Waals surface area contributed by atoms with Gasteiger partial charge in [0.2, 0.25) is 10.0 Å². The van der Waals surface area contributed by atoms with Gasteiger partial charge in [-0.3, -0.25) is 10.1 Å². The second-order valence-electron chi connectivity index (χ2n) is 7.26. The average molecular weight is 517 g/mol. The van der Waals surface area contributed by atoms with E-state index in [4.69, 9.17) is 27.6 Å². The summed E-state index contributed by atoms with van der Waals surface area (Å²) in [5.41, 5.74) is 1.50. The normalized spacial score (nSPS) is 11.5. The number of benzene rings is 3. The lowest BCUT2D eigenvalue weighted by molar-refractivity contribution is 0.102. The van der Waals surface area contributed by atoms with Crippen LogP contribution < -0.4 is 5.32 Å². The van der Waals surface area contributed by atoms with E-state index in [0.29, 0.717) is 15.6 Å². The molecule has 0 bridgehead atoms. The molecule has 11 heteroatoms. The third kappa shape index (κ3) is 5.28. The highest BCUT2D eigenvalue weighted by molar-refractivity contribution is 7.89. The average Bonchev–Trinajstić information content (AvgIpc) is 3.29. The summed E-state index contributed by atoms with van der Waals surface area (Å²) in [5.74, 6) is -0.459. The molecule has 1 aromatic heterocycles. The van der Waals surface area contributed by atoms with Gasteiger partial charge in [-0.2, -0.15) is 4.31 Å². The smallest absolute Gasteiger partial charge is 0.322 e. The molecule has 0 unspecified atom stereocenters. The molecule has 0 saturated heterocycles. The first-order valence-electron chi connectivity index (χ1n) is 9.94. The number of halogens is 2. The summed E-state index contributed by atoms with van der Waals surface area (Å²) in [5, 5.41) is 11.0. The summed E-state index contributed by atoms with van der Waals surface area (Å²) in [6.07, 6.45) is 0. The highest BCUT2D eigenvalue weighted by Gasteiger charge is 2.22. The molecular weight excluding hydrogens is 499 g/mol. The number of nitrogens with one attached hydrogen (secondary N) is 1. The van der Waals surface area contributed by atoms with E-state index in [0.717, 1.165) is 5.56 Å². The number of rotatable bonds is 7. The van der Waals surface area contributed by atoms with Crippen LogP contribution in [-0.2, 0) is 16.6 Å². The fourth-order valence-corrected chi connectivity index (χ4v) is 4.63. The molecule has 0 saturated carbocycles. The van der Waals surface area contributed by atoms with Gasteiger partial charge in [0.15, 0.2) is 0 Å².